The molecule has 7 heteroatoms. The van der Waals surface area contributed by atoms with Crippen LogP contribution in [0, 0.1) is 12.3 Å². The van der Waals surface area contributed by atoms with Gasteiger partial charge in [0.25, 0.3) is 5.91 Å². The first-order valence-electron chi connectivity index (χ1n) is 6.65. The minimum Gasteiger partial charge on any atom is -0.464 e. The van der Waals surface area contributed by atoms with E-state index in [1.54, 1.807) is 13.8 Å². The van der Waals surface area contributed by atoms with Crippen molar-refractivity contribution in [3.8, 4) is 12.3 Å². The summed E-state index contributed by atoms with van der Waals surface area (Å²) in [4.78, 5) is 36.5. The summed E-state index contributed by atoms with van der Waals surface area (Å²) in [6, 6.07) is 2.87. The van der Waals surface area contributed by atoms with Crippen LogP contribution in [0.5, 0.6) is 0 Å². The van der Waals surface area contributed by atoms with E-state index in [0.717, 1.165) is 0 Å². The SMILES string of the molecule is C#CCC(NC(=O)c1ccco1)(C(=O)OCC)C(=O)OCC. The molecular weight excluding hydrogens is 290 g/mol. The van der Waals surface area contributed by atoms with Crippen molar-refractivity contribution in [2.75, 3.05) is 13.2 Å². The summed E-state index contributed by atoms with van der Waals surface area (Å²) in [5.41, 5.74) is -2.11. The van der Waals surface area contributed by atoms with Crippen LogP contribution in [0.3, 0.4) is 0 Å². The summed E-state index contributed by atoms with van der Waals surface area (Å²) >= 11 is 0. The Kier molecular flexibility index (Phi) is 6.20. The molecule has 1 N–H and O–H groups in total. The van der Waals surface area contributed by atoms with E-state index in [9.17, 15) is 14.4 Å². The van der Waals surface area contributed by atoms with E-state index >= 15 is 0 Å². The fourth-order valence-corrected chi connectivity index (χ4v) is 1.70. The lowest BCUT2D eigenvalue weighted by Crippen LogP contribution is -2.61. The normalized spacial score (nSPS) is 10.4. The fourth-order valence-electron chi connectivity index (χ4n) is 1.70. The molecule has 0 radical (unpaired) electrons. The van der Waals surface area contributed by atoms with Crippen LogP contribution in [-0.2, 0) is 19.1 Å². The highest BCUT2D eigenvalue weighted by molar-refractivity contribution is 6.10. The third-order valence-electron chi connectivity index (χ3n) is 2.69. The Hall–Kier alpha value is -2.75. The second kappa shape index (κ2) is 7.88. The number of terminal acetylenes is 1. The number of carbonyl (C=O) groups is 3. The summed E-state index contributed by atoms with van der Waals surface area (Å²) in [5, 5.41) is 2.28. The minimum atomic E-state index is -2.11. The zero-order chi connectivity index (χ0) is 16.6. The van der Waals surface area contributed by atoms with E-state index in [1.807, 2.05) is 0 Å². The van der Waals surface area contributed by atoms with Crippen molar-refractivity contribution in [3.63, 3.8) is 0 Å². The van der Waals surface area contributed by atoms with E-state index < -0.39 is 29.8 Å². The van der Waals surface area contributed by atoms with E-state index in [-0.39, 0.29) is 19.0 Å². The summed E-state index contributed by atoms with van der Waals surface area (Å²) in [7, 11) is 0. The Labute approximate surface area is 128 Å². The van der Waals surface area contributed by atoms with E-state index in [0.29, 0.717) is 0 Å². The van der Waals surface area contributed by atoms with E-state index in [1.165, 1.54) is 18.4 Å². The van der Waals surface area contributed by atoms with Gasteiger partial charge in [0.15, 0.2) is 5.76 Å². The third-order valence-corrected chi connectivity index (χ3v) is 2.69. The highest BCUT2D eigenvalue weighted by Gasteiger charge is 2.50. The molecule has 0 aliphatic heterocycles. The van der Waals surface area contributed by atoms with Crippen molar-refractivity contribution in [1.29, 1.82) is 0 Å². The fraction of sp³-hybridized carbons (Fsp3) is 0.400. The second-order valence-electron chi connectivity index (χ2n) is 4.16. The van der Waals surface area contributed by atoms with Crippen molar-refractivity contribution in [2.45, 2.75) is 25.8 Å². The Morgan fingerprint density at radius 1 is 1.27 bits per heavy atom. The number of nitrogens with one attached hydrogen (secondary N) is 1. The monoisotopic (exact) mass is 307 g/mol. The molecule has 1 amide bonds. The molecule has 118 valence electrons. The maximum Gasteiger partial charge on any atom is 0.344 e. The van der Waals surface area contributed by atoms with Crippen molar-refractivity contribution in [1.82, 2.24) is 5.32 Å². The number of hydrogen-bond acceptors (Lipinski definition) is 6. The van der Waals surface area contributed by atoms with Gasteiger partial charge in [0.05, 0.1) is 25.9 Å². The lowest BCUT2D eigenvalue weighted by atomic mass is 9.95. The molecule has 1 heterocycles. The first-order chi connectivity index (χ1) is 10.5. The molecule has 1 aromatic heterocycles. The Bertz CT molecular complexity index is 551. The van der Waals surface area contributed by atoms with Gasteiger partial charge < -0.3 is 19.2 Å². The predicted octanol–water partition coefficient (Wildman–Crippen LogP) is 0.898. The zero-order valence-corrected chi connectivity index (χ0v) is 12.4. The molecule has 0 aliphatic rings. The van der Waals surface area contributed by atoms with Gasteiger partial charge in [0.1, 0.15) is 0 Å². The zero-order valence-electron chi connectivity index (χ0n) is 12.4. The molecule has 0 aromatic carbocycles. The highest BCUT2D eigenvalue weighted by atomic mass is 16.6. The molecule has 0 aliphatic carbocycles. The first kappa shape index (κ1) is 17.3. The third kappa shape index (κ3) is 3.67. The summed E-state index contributed by atoms with van der Waals surface area (Å²) < 4.78 is 14.7. The number of hydrogen-bond donors (Lipinski definition) is 1. The van der Waals surface area contributed by atoms with Gasteiger partial charge >= 0.3 is 11.9 Å². The van der Waals surface area contributed by atoms with Crippen LogP contribution in [-0.4, -0.2) is 36.6 Å². The summed E-state index contributed by atoms with van der Waals surface area (Å²) in [6.45, 7) is 3.17. The largest absolute Gasteiger partial charge is 0.464 e. The van der Waals surface area contributed by atoms with Crippen LogP contribution in [0.25, 0.3) is 0 Å². The second-order valence-corrected chi connectivity index (χ2v) is 4.16. The van der Waals surface area contributed by atoms with Crippen LogP contribution >= 0.6 is 0 Å². The maximum absolute atomic E-state index is 12.2. The van der Waals surface area contributed by atoms with Gasteiger partial charge in [-0.25, -0.2) is 9.59 Å². The smallest absolute Gasteiger partial charge is 0.344 e. The van der Waals surface area contributed by atoms with Crippen molar-refractivity contribution < 1.29 is 28.3 Å². The highest BCUT2D eigenvalue weighted by Crippen LogP contribution is 2.17. The number of carbonyl (C=O) groups excluding carboxylic acids is 3. The number of ether oxygens (including phenoxy) is 2. The lowest BCUT2D eigenvalue weighted by molar-refractivity contribution is -0.165. The molecule has 0 fully saturated rings. The molecule has 7 nitrogen and oxygen atoms in total. The molecular formula is C15H17NO6. The number of furan rings is 1. The molecule has 1 rings (SSSR count). The molecule has 22 heavy (non-hydrogen) atoms. The van der Waals surface area contributed by atoms with Crippen LogP contribution < -0.4 is 5.32 Å². The number of rotatable bonds is 7. The standard InChI is InChI=1S/C15H17NO6/c1-4-9-15(13(18)20-5-2,14(19)21-6-3)16-12(17)11-8-7-10-22-11/h1,7-8,10H,5-6,9H2,2-3H3,(H,16,17). The van der Waals surface area contributed by atoms with Gasteiger partial charge in [-0.3, -0.25) is 4.79 Å². The average molecular weight is 307 g/mol. The van der Waals surface area contributed by atoms with Gasteiger partial charge in [-0.15, -0.1) is 12.3 Å². The van der Waals surface area contributed by atoms with Crippen molar-refractivity contribution in [3.05, 3.63) is 24.2 Å². The maximum atomic E-state index is 12.2. The van der Waals surface area contributed by atoms with Gasteiger partial charge in [-0.2, -0.15) is 0 Å². The topological polar surface area (TPSA) is 94.8 Å². The van der Waals surface area contributed by atoms with Crippen LogP contribution in [0.2, 0.25) is 0 Å². The average Bonchev–Trinajstić information content (AvgIpc) is 3.01. The first-order valence-corrected chi connectivity index (χ1v) is 6.65. The molecule has 0 atom stereocenters. The van der Waals surface area contributed by atoms with Crippen LogP contribution in [0.4, 0.5) is 0 Å². The Balaban J connectivity index is 3.17. The molecule has 0 spiro atoms. The van der Waals surface area contributed by atoms with Gasteiger partial charge in [-0.1, -0.05) is 0 Å². The van der Waals surface area contributed by atoms with Gasteiger partial charge in [0, 0.05) is 0 Å². The van der Waals surface area contributed by atoms with E-state index in [4.69, 9.17) is 20.3 Å². The molecule has 0 bridgehead atoms. The van der Waals surface area contributed by atoms with Crippen molar-refractivity contribution >= 4 is 17.8 Å². The van der Waals surface area contributed by atoms with Crippen molar-refractivity contribution in [2.24, 2.45) is 0 Å². The summed E-state index contributed by atoms with van der Waals surface area (Å²) in [5.74, 6) is -0.620. The molecule has 0 unspecified atom stereocenters. The quantitative estimate of drug-likeness (QED) is 0.457. The Morgan fingerprint density at radius 2 is 1.86 bits per heavy atom. The number of esters is 2. The van der Waals surface area contributed by atoms with Crippen LogP contribution in [0.15, 0.2) is 22.8 Å². The van der Waals surface area contributed by atoms with Gasteiger partial charge in [0.2, 0.25) is 5.54 Å². The van der Waals surface area contributed by atoms with Gasteiger partial charge in [-0.05, 0) is 26.0 Å². The number of amides is 1. The molecule has 0 saturated carbocycles. The molecule has 0 saturated heterocycles. The Morgan fingerprint density at radius 3 is 2.27 bits per heavy atom. The van der Waals surface area contributed by atoms with Crippen LogP contribution in [0.1, 0.15) is 30.8 Å². The predicted molar refractivity (Wildman–Crippen MR) is 75.6 cm³/mol. The van der Waals surface area contributed by atoms with E-state index in [2.05, 4.69) is 11.2 Å². The molecule has 1 aromatic rings. The lowest BCUT2D eigenvalue weighted by Gasteiger charge is -2.27. The summed E-state index contributed by atoms with van der Waals surface area (Å²) in [6.07, 6.45) is 6.12. The minimum absolute atomic E-state index is 0.0151.